The number of rotatable bonds is 8. The van der Waals surface area contributed by atoms with Crippen molar-refractivity contribution in [3.8, 4) is 11.3 Å². The number of sulfonamides is 1. The Hall–Kier alpha value is -3.33. The summed E-state index contributed by atoms with van der Waals surface area (Å²) < 4.78 is 28.2. The van der Waals surface area contributed by atoms with Gasteiger partial charge in [-0.25, -0.2) is 13.4 Å². The molecule has 1 heterocycles. The second-order valence-electron chi connectivity index (χ2n) is 9.42. The van der Waals surface area contributed by atoms with Gasteiger partial charge in [-0.2, -0.15) is 4.31 Å². The molecule has 3 aromatic carbocycles. The van der Waals surface area contributed by atoms with Gasteiger partial charge < -0.3 is 0 Å². The van der Waals surface area contributed by atoms with Gasteiger partial charge in [-0.15, -0.1) is 11.3 Å². The maximum absolute atomic E-state index is 13.4. The quantitative estimate of drug-likeness (QED) is 0.277. The van der Waals surface area contributed by atoms with E-state index in [2.05, 4.69) is 43.2 Å². The molecule has 1 N–H and O–H groups in total. The summed E-state index contributed by atoms with van der Waals surface area (Å²) in [6.07, 6.45) is 0. The number of hydrogen-bond donors (Lipinski definition) is 1. The zero-order chi connectivity index (χ0) is 26.7. The van der Waals surface area contributed by atoms with Crippen LogP contribution in [0.4, 0.5) is 5.13 Å². The highest BCUT2D eigenvalue weighted by molar-refractivity contribution is 7.89. The Morgan fingerprint density at radius 3 is 2.19 bits per heavy atom. The van der Waals surface area contributed by atoms with E-state index in [1.54, 1.807) is 0 Å². The Balaban J connectivity index is 1.50. The Bertz CT molecular complexity index is 1490. The molecule has 1 amide bonds. The highest BCUT2D eigenvalue weighted by Crippen LogP contribution is 2.31. The van der Waals surface area contributed by atoms with Crippen molar-refractivity contribution in [2.45, 2.75) is 52.1 Å². The number of aromatic nitrogens is 1. The zero-order valence-corrected chi connectivity index (χ0v) is 23.3. The number of benzene rings is 3. The fourth-order valence-corrected chi connectivity index (χ4v) is 6.74. The van der Waals surface area contributed by atoms with Crippen LogP contribution in [0.5, 0.6) is 0 Å². The molecule has 8 heteroatoms. The minimum atomic E-state index is -3.75. The first-order chi connectivity index (χ1) is 17.6. The van der Waals surface area contributed by atoms with E-state index >= 15 is 0 Å². The molecule has 0 aliphatic heterocycles. The van der Waals surface area contributed by atoms with Crippen molar-refractivity contribution in [2.24, 2.45) is 0 Å². The maximum Gasteiger partial charge on any atom is 0.257 e. The van der Waals surface area contributed by atoms with Gasteiger partial charge in [0.25, 0.3) is 5.91 Å². The van der Waals surface area contributed by atoms with Crippen LogP contribution in [0.15, 0.2) is 77.0 Å². The summed E-state index contributed by atoms with van der Waals surface area (Å²) in [6.45, 7) is 10.2. The monoisotopic (exact) mass is 533 g/mol. The van der Waals surface area contributed by atoms with E-state index in [4.69, 9.17) is 0 Å². The van der Waals surface area contributed by atoms with Crippen molar-refractivity contribution >= 4 is 32.4 Å². The third-order valence-electron chi connectivity index (χ3n) is 6.14. The summed E-state index contributed by atoms with van der Waals surface area (Å²) in [6, 6.07) is 19.5. The van der Waals surface area contributed by atoms with Gasteiger partial charge in [0.2, 0.25) is 10.0 Å². The van der Waals surface area contributed by atoms with Crippen LogP contribution in [0.3, 0.4) is 0 Å². The van der Waals surface area contributed by atoms with Crippen LogP contribution < -0.4 is 5.32 Å². The molecule has 37 heavy (non-hydrogen) atoms. The van der Waals surface area contributed by atoms with Gasteiger partial charge in [-0.3, -0.25) is 10.1 Å². The minimum absolute atomic E-state index is 0.149. The van der Waals surface area contributed by atoms with Gasteiger partial charge >= 0.3 is 0 Å². The van der Waals surface area contributed by atoms with Crippen molar-refractivity contribution in [1.82, 2.24) is 9.29 Å². The third kappa shape index (κ3) is 5.98. The number of thiazole rings is 1. The van der Waals surface area contributed by atoms with Gasteiger partial charge in [0.05, 0.1) is 10.6 Å². The van der Waals surface area contributed by atoms with E-state index in [-0.39, 0.29) is 23.4 Å². The highest BCUT2D eigenvalue weighted by atomic mass is 32.2. The van der Waals surface area contributed by atoms with Crippen molar-refractivity contribution < 1.29 is 13.2 Å². The van der Waals surface area contributed by atoms with Gasteiger partial charge in [-0.1, -0.05) is 48.0 Å². The molecule has 0 saturated heterocycles. The van der Waals surface area contributed by atoms with Crippen LogP contribution in [-0.2, 0) is 16.6 Å². The van der Waals surface area contributed by atoms with Gasteiger partial charge in [0, 0.05) is 29.1 Å². The van der Waals surface area contributed by atoms with Crippen LogP contribution in [0.25, 0.3) is 11.3 Å². The molecule has 0 spiro atoms. The molecule has 0 bridgehead atoms. The van der Waals surface area contributed by atoms with Crippen molar-refractivity contribution in [3.63, 3.8) is 0 Å². The lowest BCUT2D eigenvalue weighted by atomic mass is 9.98. The van der Waals surface area contributed by atoms with Crippen LogP contribution in [0.2, 0.25) is 0 Å². The molecule has 4 aromatic rings. The smallest absolute Gasteiger partial charge is 0.257 e. The number of nitrogens with zero attached hydrogens (tertiary/aromatic N) is 2. The maximum atomic E-state index is 13.4. The lowest BCUT2D eigenvalue weighted by Crippen LogP contribution is -2.36. The van der Waals surface area contributed by atoms with Gasteiger partial charge in [0.1, 0.15) is 0 Å². The van der Waals surface area contributed by atoms with Gasteiger partial charge in [-0.05, 0) is 75.6 Å². The molecule has 192 valence electrons. The molecule has 0 atom stereocenters. The van der Waals surface area contributed by atoms with E-state index in [9.17, 15) is 13.2 Å². The molecule has 1 aromatic heterocycles. The fraction of sp³-hybridized carbons (Fsp3) is 0.241. The Morgan fingerprint density at radius 1 is 0.973 bits per heavy atom. The molecule has 0 aliphatic rings. The first kappa shape index (κ1) is 26.7. The number of nitrogens with one attached hydrogen (secondary N) is 1. The predicted molar refractivity (Wildman–Crippen MR) is 150 cm³/mol. The number of carbonyl (C=O) groups is 1. The summed E-state index contributed by atoms with van der Waals surface area (Å²) in [7, 11) is -3.75. The summed E-state index contributed by atoms with van der Waals surface area (Å²) in [5.41, 5.74) is 6.64. The van der Waals surface area contributed by atoms with Crippen molar-refractivity contribution in [2.75, 3.05) is 5.32 Å². The van der Waals surface area contributed by atoms with Crippen molar-refractivity contribution in [1.29, 1.82) is 0 Å². The minimum Gasteiger partial charge on any atom is -0.298 e. The Labute approximate surface area is 223 Å². The van der Waals surface area contributed by atoms with Crippen LogP contribution in [0, 0.1) is 20.8 Å². The summed E-state index contributed by atoms with van der Waals surface area (Å²) in [5.74, 6) is -0.341. The Morgan fingerprint density at radius 2 is 1.59 bits per heavy atom. The van der Waals surface area contributed by atoms with Crippen LogP contribution in [0.1, 0.15) is 46.5 Å². The summed E-state index contributed by atoms with van der Waals surface area (Å²) in [4.78, 5) is 17.6. The molecule has 0 unspecified atom stereocenters. The number of hydrogen-bond acceptors (Lipinski definition) is 5. The SMILES string of the molecule is Cc1cc(C)c(-c2csc(NC(=O)c3ccc(S(=O)(=O)N(Cc4ccccc4)C(C)C)cc3)n2)c(C)c1. The normalized spacial score (nSPS) is 11.8. The standard InChI is InChI=1S/C29H31N3O3S2/c1-19(2)32(17-23-9-7-6-8-10-23)37(34,35)25-13-11-24(12-14-25)28(33)31-29-30-26(18-36-29)27-21(4)15-20(3)16-22(27)5/h6-16,18-19H,17H2,1-5H3,(H,30,31,33). The lowest BCUT2D eigenvalue weighted by molar-refractivity contribution is 0.102. The van der Waals surface area contributed by atoms with Crippen LogP contribution in [-0.4, -0.2) is 29.7 Å². The topological polar surface area (TPSA) is 79.4 Å². The van der Waals surface area contributed by atoms with E-state index in [0.717, 1.165) is 27.9 Å². The molecular formula is C29H31N3O3S2. The first-order valence-electron chi connectivity index (χ1n) is 12.1. The molecule has 0 radical (unpaired) electrons. The summed E-state index contributed by atoms with van der Waals surface area (Å²) in [5, 5.41) is 5.26. The van der Waals surface area contributed by atoms with Gasteiger partial charge in [0.15, 0.2) is 5.13 Å². The lowest BCUT2D eigenvalue weighted by Gasteiger charge is -2.26. The van der Waals surface area contributed by atoms with E-state index < -0.39 is 10.0 Å². The average Bonchev–Trinajstić information content (AvgIpc) is 3.30. The van der Waals surface area contributed by atoms with Crippen molar-refractivity contribution in [3.05, 3.63) is 99.9 Å². The van der Waals surface area contributed by atoms with Crippen LogP contribution >= 0.6 is 11.3 Å². The Kier molecular flexibility index (Phi) is 7.92. The third-order valence-corrected chi connectivity index (χ3v) is 8.93. The first-order valence-corrected chi connectivity index (χ1v) is 14.4. The molecular weight excluding hydrogens is 502 g/mol. The summed E-state index contributed by atoms with van der Waals surface area (Å²) >= 11 is 1.36. The molecule has 0 saturated carbocycles. The number of amides is 1. The molecule has 0 aliphatic carbocycles. The number of carbonyl (C=O) groups excluding carboxylic acids is 1. The molecule has 4 rings (SSSR count). The largest absolute Gasteiger partial charge is 0.298 e. The van der Waals surface area contributed by atoms with E-state index in [0.29, 0.717) is 10.7 Å². The number of anilines is 1. The second-order valence-corrected chi connectivity index (χ2v) is 12.2. The zero-order valence-electron chi connectivity index (χ0n) is 21.6. The highest BCUT2D eigenvalue weighted by Gasteiger charge is 2.27. The molecule has 6 nitrogen and oxygen atoms in total. The van der Waals surface area contributed by atoms with E-state index in [1.807, 2.05) is 49.6 Å². The molecule has 0 fully saturated rings. The second kappa shape index (κ2) is 11.0. The predicted octanol–water partition coefficient (Wildman–Crippen LogP) is 6.59. The fourth-order valence-electron chi connectivity index (χ4n) is 4.42. The average molecular weight is 534 g/mol. The number of aryl methyl sites for hydroxylation is 3. The van der Waals surface area contributed by atoms with E-state index in [1.165, 1.54) is 45.5 Å².